The molecule has 1 heterocycles. The molecular weight excluding hydrogens is 164 g/mol. The third kappa shape index (κ3) is 2.10. The van der Waals surface area contributed by atoms with Crippen molar-refractivity contribution in [1.82, 2.24) is 4.90 Å². The number of hydrogen-bond donors (Lipinski definition) is 0. The Labute approximate surface area is 78.6 Å². The Hall–Kier alpha value is -1.27. The molecule has 1 aromatic heterocycles. The fraction of sp³-hybridized carbons (Fsp3) is 0.500. The summed E-state index contributed by atoms with van der Waals surface area (Å²) >= 11 is 0. The smallest absolute Gasteiger partial charge is 0.156 e. The Balaban J connectivity index is 2.80. The van der Waals surface area contributed by atoms with Crippen molar-refractivity contribution in [1.29, 1.82) is 5.26 Å². The van der Waals surface area contributed by atoms with Crippen LogP contribution in [0.3, 0.4) is 0 Å². The van der Waals surface area contributed by atoms with Crippen LogP contribution >= 0.6 is 0 Å². The van der Waals surface area contributed by atoms with Crippen LogP contribution in [0.1, 0.15) is 25.6 Å². The molecule has 0 fully saturated rings. The van der Waals surface area contributed by atoms with Gasteiger partial charge in [-0.3, -0.25) is 4.90 Å². The maximum absolute atomic E-state index is 8.98. The van der Waals surface area contributed by atoms with Crippen molar-refractivity contribution in [3.8, 4) is 6.07 Å². The second kappa shape index (κ2) is 4.68. The van der Waals surface area contributed by atoms with Gasteiger partial charge in [-0.15, -0.1) is 0 Å². The van der Waals surface area contributed by atoms with Crippen molar-refractivity contribution in [3.05, 3.63) is 24.2 Å². The standard InChI is InChI=1S/C10H14N2O/c1-3-12(4-2)9(8-11)10-6-5-7-13-10/h5-7,9H,3-4H2,1-2H3. The third-order valence-electron chi connectivity index (χ3n) is 2.11. The van der Waals surface area contributed by atoms with Gasteiger partial charge in [0.15, 0.2) is 6.04 Å². The largest absolute Gasteiger partial charge is 0.467 e. The second-order valence-corrected chi connectivity index (χ2v) is 2.77. The Bertz CT molecular complexity index is 270. The van der Waals surface area contributed by atoms with Gasteiger partial charge >= 0.3 is 0 Å². The zero-order chi connectivity index (χ0) is 9.68. The molecule has 0 amide bonds. The van der Waals surface area contributed by atoms with Crippen molar-refractivity contribution in [2.45, 2.75) is 19.9 Å². The normalized spacial score (nSPS) is 12.8. The van der Waals surface area contributed by atoms with Crippen molar-refractivity contribution in [2.24, 2.45) is 0 Å². The zero-order valence-electron chi connectivity index (χ0n) is 8.03. The quantitative estimate of drug-likeness (QED) is 0.709. The highest BCUT2D eigenvalue weighted by atomic mass is 16.3. The van der Waals surface area contributed by atoms with E-state index < -0.39 is 0 Å². The van der Waals surface area contributed by atoms with Gasteiger partial charge in [-0.2, -0.15) is 5.26 Å². The maximum Gasteiger partial charge on any atom is 0.156 e. The van der Waals surface area contributed by atoms with Crippen LogP contribution in [0.4, 0.5) is 0 Å². The minimum atomic E-state index is -0.245. The monoisotopic (exact) mass is 178 g/mol. The van der Waals surface area contributed by atoms with Crippen LogP contribution in [0, 0.1) is 11.3 Å². The van der Waals surface area contributed by atoms with Crippen molar-refractivity contribution in [2.75, 3.05) is 13.1 Å². The van der Waals surface area contributed by atoms with Crippen molar-refractivity contribution < 1.29 is 4.42 Å². The Morgan fingerprint density at radius 1 is 1.54 bits per heavy atom. The summed E-state index contributed by atoms with van der Waals surface area (Å²) < 4.78 is 5.21. The summed E-state index contributed by atoms with van der Waals surface area (Å²) in [5.41, 5.74) is 0. The van der Waals surface area contributed by atoms with E-state index in [9.17, 15) is 0 Å². The first-order chi connectivity index (χ1) is 6.33. The molecule has 1 atom stereocenters. The third-order valence-corrected chi connectivity index (χ3v) is 2.11. The van der Waals surface area contributed by atoms with E-state index in [1.165, 1.54) is 0 Å². The van der Waals surface area contributed by atoms with Gasteiger partial charge in [-0.25, -0.2) is 0 Å². The SMILES string of the molecule is CCN(CC)C(C#N)c1ccco1. The van der Waals surface area contributed by atoms with Gasteiger partial charge in [-0.1, -0.05) is 13.8 Å². The fourth-order valence-corrected chi connectivity index (χ4v) is 1.36. The van der Waals surface area contributed by atoms with E-state index in [2.05, 4.69) is 11.0 Å². The van der Waals surface area contributed by atoms with Crippen LogP contribution in [-0.4, -0.2) is 18.0 Å². The summed E-state index contributed by atoms with van der Waals surface area (Å²) in [6.07, 6.45) is 1.60. The second-order valence-electron chi connectivity index (χ2n) is 2.77. The molecule has 0 aliphatic heterocycles. The van der Waals surface area contributed by atoms with Gasteiger partial charge in [0.1, 0.15) is 5.76 Å². The lowest BCUT2D eigenvalue weighted by atomic mass is 10.2. The molecule has 1 unspecified atom stereocenters. The molecule has 0 aliphatic carbocycles. The average Bonchev–Trinajstić information content (AvgIpc) is 2.66. The van der Waals surface area contributed by atoms with Gasteiger partial charge in [0, 0.05) is 0 Å². The van der Waals surface area contributed by atoms with Gasteiger partial charge < -0.3 is 4.42 Å². The summed E-state index contributed by atoms with van der Waals surface area (Å²) in [4.78, 5) is 2.05. The molecule has 3 nitrogen and oxygen atoms in total. The van der Waals surface area contributed by atoms with Crippen molar-refractivity contribution >= 4 is 0 Å². The van der Waals surface area contributed by atoms with E-state index in [1.807, 2.05) is 26.0 Å². The van der Waals surface area contributed by atoms with E-state index in [4.69, 9.17) is 9.68 Å². The molecule has 13 heavy (non-hydrogen) atoms. The van der Waals surface area contributed by atoms with E-state index in [0.717, 1.165) is 18.8 Å². The molecule has 0 aliphatic rings. The number of furan rings is 1. The van der Waals surface area contributed by atoms with Gasteiger partial charge in [0.05, 0.1) is 12.3 Å². The van der Waals surface area contributed by atoms with Crippen LogP contribution in [0.15, 0.2) is 22.8 Å². The number of nitriles is 1. The molecule has 0 aromatic carbocycles. The first-order valence-electron chi connectivity index (χ1n) is 4.50. The van der Waals surface area contributed by atoms with E-state index in [-0.39, 0.29) is 6.04 Å². The van der Waals surface area contributed by atoms with Crippen LogP contribution < -0.4 is 0 Å². The predicted molar refractivity (Wildman–Crippen MR) is 50.0 cm³/mol. The van der Waals surface area contributed by atoms with Gasteiger partial charge in [0.25, 0.3) is 0 Å². The minimum Gasteiger partial charge on any atom is -0.467 e. The molecule has 1 aromatic rings. The molecule has 0 N–H and O–H groups in total. The minimum absolute atomic E-state index is 0.245. The molecule has 3 heteroatoms. The van der Waals surface area contributed by atoms with E-state index >= 15 is 0 Å². The van der Waals surface area contributed by atoms with Crippen LogP contribution in [0.2, 0.25) is 0 Å². The molecule has 0 saturated heterocycles. The lowest BCUT2D eigenvalue weighted by Gasteiger charge is -2.21. The molecular formula is C10H14N2O. The summed E-state index contributed by atoms with van der Waals surface area (Å²) in [7, 11) is 0. The Kier molecular flexibility index (Phi) is 3.53. The topological polar surface area (TPSA) is 40.2 Å². The number of nitrogens with zero attached hydrogens (tertiary/aromatic N) is 2. The highest BCUT2D eigenvalue weighted by Gasteiger charge is 2.19. The number of hydrogen-bond acceptors (Lipinski definition) is 3. The molecule has 70 valence electrons. The first-order valence-corrected chi connectivity index (χ1v) is 4.50. The lowest BCUT2D eigenvalue weighted by Crippen LogP contribution is -2.27. The maximum atomic E-state index is 8.98. The van der Waals surface area contributed by atoms with Crippen LogP contribution in [0.25, 0.3) is 0 Å². The molecule has 1 rings (SSSR count). The van der Waals surface area contributed by atoms with Gasteiger partial charge in [-0.05, 0) is 25.2 Å². The number of rotatable bonds is 4. The molecule has 0 spiro atoms. The summed E-state index contributed by atoms with van der Waals surface area (Å²) in [6, 6.07) is 5.64. The van der Waals surface area contributed by atoms with Crippen molar-refractivity contribution in [3.63, 3.8) is 0 Å². The molecule has 0 radical (unpaired) electrons. The summed E-state index contributed by atoms with van der Waals surface area (Å²) in [6.45, 7) is 5.79. The fourth-order valence-electron chi connectivity index (χ4n) is 1.36. The Morgan fingerprint density at radius 3 is 2.62 bits per heavy atom. The average molecular weight is 178 g/mol. The lowest BCUT2D eigenvalue weighted by molar-refractivity contribution is 0.235. The van der Waals surface area contributed by atoms with Gasteiger partial charge in [0.2, 0.25) is 0 Å². The molecule has 0 saturated carbocycles. The zero-order valence-corrected chi connectivity index (χ0v) is 8.03. The highest BCUT2D eigenvalue weighted by molar-refractivity contribution is 5.12. The molecule has 0 bridgehead atoms. The van der Waals surface area contributed by atoms with Crippen LogP contribution in [0.5, 0.6) is 0 Å². The summed E-state index contributed by atoms with van der Waals surface area (Å²) in [5.74, 6) is 0.728. The predicted octanol–water partition coefficient (Wildman–Crippen LogP) is 2.19. The van der Waals surface area contributed by atoms with E-state index in [1.54, 1.807) is 6.26 Å². The van der Waals surface area contributed by atoms with E-state index in [0.29, 0.717) is 0 Å². The summed E-state index contributed by atoms with van der Waals surface area (Å²) in [5, 5.41) is 8.98. The highest BCUT2D eigenvalue weighted by Crippen LogP contribution is 2.19. The van der Waals surface area contributed by atoms with Crippen LogP contribution in [-0.2, 0) is 0 Å². The Morgan fingerprint density at radius 2 is 2.23 bits per heavy atom. The first kappa shape index (κ1) is 9.82.